The van der Waals surface area contributed by atoms with Crippen molar-refractivity contribution in [3.63, 3.8) is 0 Å². The lowest BCUT2D eigenvalue weighted by molar-refractivity contribution is 0.220. The van der Waals surface area contributed by atoms with Crippen molar-refractivity contribution < 1.29 is 18.7 Å². The Morgan fingerprint density at radius 2 is 1.37 bits per heavy atom. The molecule has 0 unspecified atom stereocenters. The molecule has 2 aromatic rings. The predicted octanol–water partition coefficient (Wildman–Crippen LogP) is 8.04. The number of aryl methyl sites for hydroxylation is 1. The Bertz CT molecular complexity index is 931. The van der Waals surface area contributed by atoms with Gasteiger partial charge >= 0.3 is 7.60 Å². The molecule has 1 N–H and O–H groups in total. The fourth-order valence-electron chi connectivity index (χ4n) is 4.22. The van der Waals surface area contributed by atoms with E-state index in [2.05, 4.69) is 70.7 Å². The van der Waals surface area contributed by atoms with Crippen LogP contribution in [0, 0.1) is 0 Å². The van der Waals surface area contributed by atoms with E-state index in [9.17, 15) is 9.67 Å². The molecule has 0 aliphatic heterocycles. The van der Waals surface area contributed by atoms with Gasteiger partial charge in [-0.3, -0.25) is 4.57 Å². The summed E-state index contributed by atoms with van der Waals surface area (Å²) in [5.74, 6) is 0.343. The standard InChI is InChI=1S/C29H46NO4P/c1-9-33-35(32,34-10-2)22-30(19-15-14-18-23-16-12-11-13-17-23)24-20-25(28(3,4)5)27(31)26(21-24)29(6,7)8/h11-13,16-17,20-21,31H,9-10,14-15,18-19,22H2,1-8H3. The predicted molar refractivity (Wildman–Crippen MR) is 148 cm³/mol. The van der Waals surface area contributed by atoms with E-state index in [0.29, 0.717) is 19.0 Å². The first-order chi connectivity index (χ1) is 16.3. The molecule has 5 nitrogen and oxygen atoms in total. The number of nitrogens with zero attached hydrogens (tertiary/aromatic N) is 1. The molecule has 0 saturated carbocycles. The fourth-order valence-corrected chi connectivity index (χ4v) is 5.97. The van der Waals surface area contributed by atoms with Crippen molar-refractivity contribution in [3.05, 3.63) is 59.2 Å². The molecule has 0 heterocycles. The minimum Gasteiger partial charge on any atom is -0.507 e. The molecule has 2 rings (SSSR count). The Kier molecular flexibility index (Phi) is 10.4. The van der Waals surface area contributed by atoms with Crippen LogP contribution in [-0.2, 0) is 30.9 Å². The van der Waals surface area contributed by atoms with Crippen LogP contribution in [0.1, 0.15) is 84.9 Å². The molecule has 6 heteroatoms. The number of phenols is 1. The first-order valence-corrected chi connectivity index (χ1v) is 14.6. The van der Waals surface area contributed by atoms with Crippen LogP contribution in [0.2, 0.25) is 0 Å². The van der Waals surface area contributed by atoms with Gasteiger partial charge < -0.3 is 19.1 Å². The zero-order valence-electron chi connectivity index (χ0n) is 23.1. The first kappa shape index (κ1) is 29.4. The van der Waals surface area contributed by atoms with Gasteiger partial charge in [-0.1, -0.05) is 71.9 Å². The third-order valence-electron chi connectivity index (χ3n) is 6.06. The van der Waals surface area contributed by atoms with Gasteiger partial charge in [-0.05, 0) is 61.6 Å². The van der Waals surface area contributed by atoms with Crippen molar-refractivity contribution in [2.24, 2.45) is 0 Å². The van der Waals surface area contributed by atoms with Gasteiger partial charge in [-0.2, -0.15) is 0 Å². The van der Waals surface area contributed by atoms with Crippen LogP contribution in [0.5, 0.6) is 5.75 Å². The molecule has 35 heavy (non-hydrogen) atoms. The summed E-state index contributed by atoms with van der Waals surface area (Å²) < 4.78 is 24.9. The van der Waals surface area contributed by atoms with Crippen molar-refractivity contribution in [2.75, 3.05) is 30.9 Å². The van der Waals surface area contributed by atoms with Crippen LogP contribution in [0.4, 0.5) is 5.69 Å². The quantitative estimate of drug-likeness (QED) is 0.235. The maximum absolute atomic E-state index is 13.5. The van der Waals surface area contributed by atoms with Gasteiger partial charge in [0.05, 0.1) is 13.2 Å². The van der Waals surface area contributed by atoms with E-state index >= 15 is 0 Å². The summed E-state index contributed by atoms with van der Waals surface area (Å²) in [5, 5.41) is 11.2. The monoisotopic (exact) mass is 503 g/mol. The molecule has 0 aliphatic carbocycles. The van der Waals surface area contributed by atoms with E-state index in [1.807, 2.05) is 32.0 Å². The Morgan fingerprint density at radius 1 is 0.857 bits per heavy atom. The Balaban J connectivity index is 2.44. The smallest absolute Gasteiger partial charge is 0.349 e. The lowest BCUT2D eigenvalue weighted by Gasteiger charge is -2.33. The highest BCUT2D eigenvalue weighted by molar-refractivity contribution is 7.53. The van der Waals surface area contributed by atoms with E-state index in [0.717, 1.165) is 42.6 Å². The van der Waals surface area contributed by atoms with Crippen LogP contribution in [0.25, 0.3) is 0 Å². The van der Waals surface area contributed by atoms with Gasteiger partial charge in [-0.25, -0.2) is 0 Å². The van der Waals surface area contributed by atoms with Gasteiger partial charge in [-0.15, -0.1) is 0 Å². The van der Waals surface area contributed by atoms with Crippen molar-refractivity contribution in [1.82, 2.24) is 0 Å². The molecule has 196 valence electrons. The lowest BCUT2D eigenvalue weighted by Crippen LogP contribution is -2.28. The minimum absolute atomic E-state index is 0.179. The van der Waals surface area contributed by atoms with E-state index < -0.39 is 7.60 Å². The summed E-state index contributed by atoms with van der Waals surface area (Å²) in [6.07, 6.45) is 3.13. The van der Waals surface area contributed by atoms with Gasteiger partial charge in [0.1, 0.15) is 12.0 Å². The van der Waals surface area contributed by atoms with Crippen LogP contribution < -0.4 is 4.90 Å². The van der Waals surface area contributed by atoms with E-state index in [4.69, 9.17) is 9.05 Å². The maximum atomic E-state index is 13.5. The number of rotatable bonds is 12. The second-order valence-electron chi connectivity index (χ2n) is 11.2. The van der Waals surface area contributed by atoms with Gasteiger partial charge in [0, 0.05) is 23.4 Å². The molecule has 0 saturated heterocycles. The van der Waals surface area contributed by atoms with E-state index in [1.54, 1.807) is 0 Å². The zero-order valence-corrected chi connectivity index (χ0v) is 24.0. The summed E-state index contributed by atoms with van der Waals surface area (Å²) in [7, 11) is -3.31. The Morgan fingerprint density at radius 3 is 1.83 bits per heavy atom. The topological polar surface area (TPSA) is 59.0 Å². The second-order valence-corrected chi connectivity index (χ2v) is 13.2. The van der Waals surface area contributed by atoms with Crippen molar-refractivity contribution in [1.29, 1.82) is 0 Å². The van der Waals surface area contributed by atoms with Crippen molar-refractivity contribution in [3.8, 4) is 5.75 Å². The maximum Gasteiger partial charge on any atom is 0.349 e. The lowest BCUT2D eigenvalue weighted by atomic mass is 9.79. The summed E-state index contributed by atoms with van der Waals surface area (Å²) in [4.78, 5) is 2.13. The Labute approximate surface area is 213 Å². The molecule has 0 aliphatic rings. The normalized spacial score (nSPS) is 12.7. The molecule has 0 bridgehead atoms. The third kappa shape index (κ3) is 8.66. The molecule has 0 fully saturated rings. The van der Waals surface area contributed by atoms with Crippen LogP contribution in [0.3, 0.4) is 0 Å². The average molecular weight is 504 g/mol. The van der Waals surface area contributed by atoms with Crippen molar-refractivity contribution in [2.45, 2.75) is 85.5 Å². The summed E-state index contributed by atoms with van der Waals surface area (Å²) >= 11 is 0. The summed E-state index contributed by atoms with van der Waals surface area (Å²) in [6.45, 7) is 17.7. The number of anilines is 1. The molecule has 0 atom stereocenters. The molecular formula is C29H46NO4P. The largest absolute Gasteiger partial charge is 0.507 e. The third-order valence-corrected chi connectivity index (χ3v) is 8.05. The van der Waals surface area contributed by atoms with Crippen molar-refractivity contribution >= 4 is 13.3 Å². The molecule has 0 radical (unpaired) electrons. The van der Waals surface area contributed by atoms with Gasteiger partial charge in [0.2, 0.25) is 0 Å². The fraction of sp³-hybridized carbons (Fsp3) is 0.586. The van der Waals surface area contributed by atoms with Gasteiger partial charge in [0.15, 0.2) is 0 Å². The minimum atomic E-state index is -3.31. The highest BCUT2D eigenvalue weighted by atomic mass is 31.2. The molecule has 0 amide bonds. The van der Waals surface area contributed by atoms with Gasteiger partial charge in [0.25, 0.3) is 0 Å². The first-order valence-electron chi connectivity index (χ1n) is 12.9. The Hall–Kier alpha value is -1.81. The van der Waals surface area contributed by atoms with E-state index in [1.165, 1.54) is 5.56 Å². The molecular weight excluding hydrogens is 457 g/mol. The number of hydrogen-bond acceptors (Lipinski definition) is 5. The molecule has 0 spiro atoms. The van der Waals surface area contributed by atoms with E-state index in [-0.39, 0.29) is 17.1 Å². The van der Waals surface area contributed by atoms with Crippen LogP contribution in [0.15, 0.2) is 42.5 Å². The summed E-state index contributed by atoms with van der Waals surface area (Å²) in [6, 6.07) is 14.6. The number of benzene rings is 2. The number of aromatic hydroxyl groups is 1. The number of hydrogen-bond donors (Lipinski definition) is 1. The number of unbranched alkanes of at least 4 members (excludes halogenated alkanes) is 1. The number of phenolic OH excluding ortho intramolecular Hbond substituents is 1. The highest BCUT2D eigenvalue weighted by Crippen LogP contribution is 2.50. The highest BCUT2D eigenvalue weighted by Gasteiger charge is 2.31. The summed E-state index contributed by atoms with van der Waals surface area (Å²) in [5.41, 5.74) is 3.54. The molecule has 2 aromatic carbocycles. The van der Waals surface area contributed by atoms with Crippen LogP contribution in [-0.4, -0.2) is 31.2 Å². The average Bonchev–Trinajstić information content (AvgIpc) is 2.75. The second kappa shape index (κ2) is 12.4. The SMILES string of the molecule is CCOP(=O)(CN(CCCCc1ccccc1)c1cc(C(C)(C)C)c(O)c(C(C)(C)C)c1)OCC. The zero-order chi connectivity index (χ0) is 26.3. The molecule has 0 aromatic heterocycles. The van der Waals surface area contributed by atoms with Crippen LogP contribution >= 0.6 is 7.60 Å².